The second-order valence-corrected chi connectivity index (χ2v) is 5.93. The molecular weight excluding hydrogens is 264 g/mol. The van der Waals surface area contributed by atoms with Gasteiger partial charge in [-0.25, -0.2) is 0 Å². The molecule has 1 aromatic heterocycles. The lowest BCUT2D eigenvalue weighted by atomic mass is 10.2. The summed E-state index contributed by atoms with van der Waals surface area (Å²) in [6.07, 6.45) is 2.01. The number of thioether (sulfide) groups is 1. The van der Waals surface area contributed by atoms with E-state index < -0.39 is 0 Å². The van der Waals surface area contributed by atoms with Gasteiger partial charge in [0.1, 0.15) is 0 Å². The van der Waals surface area contributed by atoms with Crippen LogP contribution in [-0.4, -0.2) is 24.5 Å². The van der Waals surface area contributed by atoms with Gasteiger partial charge in [-0.15, -0.1) is 11.3 Å². The maximum absolute atomic E-state index is 11.7. The molecule has 0 aliphatic carbocycles. The van der Waals surface area contributed by atoms with Gasteiger partial charge in [-0.2, -0.15) is 11.8 Å². The van der Waals surface area contributed by atoms with Crippen molar-refractivity contribution in [3.8, 4) is 11.8 Å². The number of carbonyl (C=O) groups is 1. The van der Waals surface area contributed by atoms with E-state index in [4.69, 9.17) is 5.73 Å². The molecule has 0 aromatic carbocycles. The van der Waals surface area contributed by atoms with Crippen LogP contribution >= 0.6 is 23.1 Å². The lowest BCUT2D eigenvalue weighted by Crippen LogP contribution is -2.29. The fourth-order valence-electron chi connectivity index (χ4n) is 1.35. The van der Waals surface area contributed by atoms with Crippen molar-refractivity contribution >= 4 is 29.0 Å². The van der Waals surface area contributed by atoms with Crippen molar-refractivity contribution in [3.05, 3.63) is 21.9 Å². The highest BCUT2D eigenvalue weighted by atomic mass is 32.2. The molecule has 5 heteroatoms. The molecule has 1 atom stereocenters. The van der Waals surface area contributed by atoms with Gasteiger partial charge in [-0.3, -0.25) is 4.79 Å². The van der Waals surface area contributed by atoms with E-state index in [1.807, 2.05) is 25.3 Å². The fraction of sp³-hybridized carbons (Fsp3) is 0.462. The number of nitrogens with two attached hydrogens (primary N) is 1. The van der Waals surface area contributed by atoms with Crippen molar-refractivity contribution in [2.24, 2.45) is 11.7 Å². The van der Waals surface area contributed by atoms with Gasteiger partial charge < -0.3 is 11.1 Å². The zero-order valence-corrected chi connectivity index (χ0v) is 12.3. The molecule has 0 aliphatic heterocycles. The molecule has 1 aromatic rings. The maximum Gasteiger partial charge on any atom is 0.223 e. The minimum absolute atomic E-state index is 0.0523. The summed E-state index contributed by atoms with van der Waals surface area (Å²) in [5.41, 5.74) is 5.32. The van der Waals surface area contributed by atoms with E-state index in [-0.39, 0.29) is 11.8 Å². The molecule has 3 N–H and O–H groups in total. The molecule has 3 nitrogen and oxygen atoms in total. The summed E-state index contributed by atoms with van der Waals surface area (Å²) < 4.78 is 0. The Morgan fingerprint density at radius 1 is 1.61 bits per heavy atom. The summed E-state index contributed by atoms with van der Waals surface area (Å²) in [4.78, 5) is 13.8. The van der Waals surface area contributed by atoms with Crippen molar-refractivity contribution < 1.29 is 4.79 Å². The summed E-state index contributed by atoms with van der Waals surface area (Å²) in [7, 11) is 0. The summed E-state index contributed by atoms with van der Waals surface area (Å²) in [6.45, 7) is 2.89. The van der Waals surface area contributed by atoms with Gasteiger partial charge >= 0.3 is 0 Å². The van der Waals surface area contributed by atoms with E-state index in [1.165, 1.54) is 0 Å². The van der Waals surface area contributed by atoms with Crippen molar-refractivity contribution in [2.75, 3.05) is 18.6 Å². The Bertz CT molecular complexity index is 445. The van der Waals surface area contributed by atoms with Gasteiger partial charge in [-0.1, -0.05) is 18.8 Å². The van der Waals surface area contributed by atoms with Crippen LogP contribution in [0.25, 0.3) is 0 Å². The van der Waals surface area contributed by atoms with Gasteiger partial charge in [0.05, 0.1) is 18.0 Å². The van der Waals surface area contributed by atoms with E-state index in [0.717, 1.165) is 15.5 Å². The number of carbonyl (C=O) groups excluding carboxylic acids is 1. The van der Waals surface area contributed by atoms with E-state index in [2.05, 4.69) is 17.2 Å². The number of nitrogens with one attached hydrogen (secondary N) is 1. The van der Waals surface area contributed by atoms with Crippen molar-refractivity contribution in [2.45, 2.75) is 13.5 Å². The van der Waals surface area contributed by atoms with Crippen molar-refractivity contribution in [1.29, 1.82) is 0 Å². The Morgan fingerprint density at radius 3 is 3.06 bits per heavy atom. The standard InChI is InChI=1S/C13H18N2OS2/c1-10(9-17-2)13(16)15-8-12-6-5-11(18-12)4-3-7-14/h5-6,10H,7-9,14H2,1-2H3,(H,15,16). The Morgan fingerprint density at radius 2 is 2.39 bits per heavy atom. The topological polar surface area (TPSA) is 55.1 Å². The van der Waals surface area contributed by atoms with Gasteiger partial charge in [0, 0.05) is 16.5 Å². The molecule has 0 saturated heterocycles. The Kier molecular flexibility index (Phi) is 6.88. The third kappa shape index (κ3) is 5.13. The van der Waals surface area contributed by atoms with Crippen LogP contribution in [0, 0.1) is 17.8 Å². The van der Waals surface area contributed by atoms with Crippen molar-refractivity contribution in [3.63, 3.8) is 0 Å². The minimum Gasteiger partial charge on any atom is -0.351 e. The normalized spacial score (nSPS) is 11.5. The van der Waals surface area contributed by atoms with Crippen LogP contribution in [-0.2, 0) is 11.3 Å². The predicted molar refractivity (Wildman–Crippen MR) is 79.6 cm³/mol. The summed E-state index contributed by atoms with van der Waals surface area (Å²) in [6, 6.07) is 3.95. The van der Waals surface area contributed by atoms with Crippen LogP contribution in [0.1, 0.15) is 16.7 Å². The third-order valence-electron chi connectivity index (χ3n) is 2.28. The first-order chi connectivity index (χ1) is 8.67. The molecule has 98 valence electrons. The van der Waals surface area contributed by atoms with Gasteiger partial charge in [0.2, 0.25) is 5.91 Å². The van der Waals surface area contributed by atoms with Crippen LogP contribution in [0.15, 0.2) is 12.1 Å². The molecule has 1 unspecified atom stereocenters. The lowest BCUT2D eigenvalue weighted by Gasteiger charge is -2.09. The van der Waals surface area contributed by atoms with E-state index in [1.54, 1.807) is 23.1 Å². The van der Waals surface area contributed by atoms with Crippen molar-refractivity contribution in [1.82, 2.24) is 5.32 Å². The minimum atomic E-state index is 0.0523. The Hall–Kier alpha value is -0.960. The van der Waals surface area contributed by atoms with Crippen LogP contribution in [0.2, 0.25) is 0 Å². The highest BCUT2D eigenvalue weighted by Gasteiger charge is 2.11. The molecule has 1 amide bonds. The number of hydrogen-bond acceptors (Lipinski definition) is 4. The number of hydrogen-bond donors (Lipinski definition) is 2. The lowest BCUT2D eigenvalue weighted by molar-refractivity contribution is -0.123. The third-order valence-corrected chi connectivity index (χ3v) is 4.11. The van der Waals surface area contributed by atoms with E-state index >= 15 is 0 Å². The highest BCUT2D eigenvalue weighted by Crippen LogP contribution is 2.15. The molecule has 0 radical (unpaired) electrons. The van der Waals surface area contributed by atoms with Crippen LogP contribution in [0.5, 0.6) is 0 Å². The van der Waals surface area contributed by atoms with Crippen LogP contribution in [0.3, 0.4) is 0 Å². The highest BCUT2D eigenvalue weighted by molar-refractivity contribution is 7.98. The molecule has 0 spiro atoms. The molecule has 0 aliphatic rings. The first-order valence-electron chi connectivity index (χ1n) is 5.71. The molecule has 0 bridgehead atoms. The molecule has 1 rings (SSSR count). The summed E-state index contributed by atoms with van der Waals surface area (Å²) in [5, 5.41) is 2.94. The zero-order valence-electron chi connectivity index (χ0n) is 10.7. The molecule has 0 saturated carbocycles. The quantitative estimate of drug-likeness (QED) is 0.808. The molecular formula is C13H18N2OS2. The predicted octanol–water partition coefficient (Wildman–Crippen LogP) is 1.67. The smallest absolute Gasteiger partial charge is 0.223 e. The largest absolute Gasteiger partial charge is 0.351 e. The molecule has 1 heterocycles. The zero-order chi connectivity index (χ0) is 13.4. The summed E-state index contributed by atoms with van der Waals surface area (Å²) >= 11 is 3.28. The van der Waals surface area contributed by atoms with Gasteiger partial charge in [-0.05, 0) is 18.4 Å². The first-order valence-corrected chi connectivity index (χ1v) is 7.92. The average molecular weight is 282 g/mol. The van der Waals surface area contributed by atoms with E-state index in [0.29, 0.717) is 13.1 Å². The van der Waals surface area contributed by atoms with Crippen LogP contribution < -0.4 is 11.1 Å². The second-order valence-electron chi connectivity index (χ2n) is 3.85. The first kappa shape index (κ1) is 15.1. The molecule has 18 heavy (non-hydrogen) atoms. The maximum atomic E-state index is 11.7. The Balaban J connectivity index is 2.44. The fourth-order valence-corrected chi connectivity index (χ4v) is 2.83. The van der Waals surface area contributed by atoms with Crippen LogP contribution in [0.4, 0.5) is 0 Å². The SMILES string of the molecule is CSCC(C)C(=O)NCc1ccc(C#CCN)s1. The summed E-state index contributed by atoms with van der Waals surface area (Å²) in [5.74, 6) is 6.81. The molecule has 0 fully saturated rings. The second kappa shape index (κ2) is 8.20. The monoisotopic (exact) mass is 282 g/mol. The van der Waals surface area contributed by atoms with Gasteiger partial charge in [0.25, 0.3) is 0 Å². The number of thiophene rings is 1. The Labute approximate surface area is 117 Å². The number of amides is 1. The van der Waals surface area contributed by atoms with Gasteiger partial charge in [0.15, 0.2) is 0 Å². The van der Waals surface area contributed by atoms with E-state index in [9.17, 15) is 4.79 Å². The average Bonchev–Trinajstić information content (AvgIpc) is 2.81. The number of rotatable bonds is 5.